The minimum atomic E-state index is -4.50. The summed E-state index contributed by atoms with van der Waals surface area (Å²) in [5.74, 6) is -0.704. The minimum absolute atomic E-state index is 0.0522. The van der Waals surface area contributed by atoms with Crippen LogP contribution in [-0.2, 0) is 6.18 Å². The lowest BCUT2D eigenvalue weighted by Gasteiger charge is -2.11. The molecule has 32 heavy (non-hydrogen) atoms. The third kappa shape index (κ3) is 6.07. The van der Waals surface area contributed by atoms with E-state index >= 15 is 0 Å². The smallest absolute Gasteiger partial charge is 0.292 e. The number of hydrogen-bond donors (Lipinski definition) is 2. The minimum Gasteiger partial charge on any atom is -0.292 e. The summed E-state index contributed by atoms with van der Waals surface area (Å²) in [4.78, 5) is 29.0. The molecular weight excluding hydrogens is 510 g/mol. The van der Waals surface area contributed by atoms with E-state index in [9.17, 15) is 22.8 Å². The standard InChI is InChI=1S/C20H11Cl3F3N3O2S/c21-12-6-4-10(20(24,25)26)8-15(12)32-11-5-7-16(27-9-11)28-19(31)29-18(30)17-13(22)2-1-3-14(17)23/h1-9H,(H2,27,28,29,30,31). The molecule has 2 aromatic carbocycles. The van der Waals surface area contributed by atoms with Crippen molar-refractivity contribution < 1.29 is 22.8 Å². The highest BCUT2D eigenvalue weighted by molar-refractivity contribution is 7.99. The Morgan fingerprint density at radius 2 is 1.62 bits per heavy atom. The van der Waals surface area contributed by atoms with E-state index in [1.165, 1.54) is 36.5 Å². The fourth-order valence-corrected chi connectivity index (χ4v) is 4.08. The van der Waals surface area contributed by atoms with Crippen LogP contribution in [0.4, 0.5) is 23.8 Å². The number of aromatic nitrogens is 1. The normalized spacial score (nSPS) is 11.2. The van der Waals surface area contributed by atoms with Crippen LogP contribution in [0.1, 0.15) is 15.9 Å². The Morgan fingerprint density at radius 3 is 2.22 bits per heavy atom. The summed E-state index contributed by atoms with van der Waals surface area (Å²) >= 11 is 18.8. The third-order valence-corrected chi connectivity index (χ3v) is 5.99. The van der Waals surface area contributed by atoms with Gasteiger partial charge in [-0.25, -0.2) is 9.78 Å². The number of urea groups is 1. The highest BCUT2D eigenvalue weighted by atomic mass is 35.5. The van der Waals surface area contributed by atoms with Crippen LogP contribution in [0.2, 0.25) is 15.1 Å². The molecule has 5 nitrogen and oxygen atoms in total. The van der Waals surface area contributed by atoms with Gasteiger partial charge in [0.2, 0.25) is 0 Å². The van der Waals surface area contributed by atoms with Crippen molar-refractivity contribution in [1.29, 1.82) is 0 Å². The number of hydrogen-bond acceptors (Lipinski definition) is 4. The molecule has 0 unspecified atom stereocenters. The van der Waals surface area contributed by atoms with Gasteiger partial charge in [-0.2, -0.15) is 13.2 Å². The molecule has 0 saturated carbocycles. The van der Waals surface area contributed by atoms with Crippen molar-refractivity contribution in [2.45, 2.75) is 16.0 Å². The molecule has 0 bridgehead atoms. The monoisotopic (exact) mass is 519 g/mol. The van der Waals surface area contributed by atoms with E-state index in [-0.39, 0.29) is 31.3 Å². The summed E-state index contributed by atoms with van der Waals surface area (Å²) in [6.07, 6.45) is -3.16. The van der Waals surface area contributed by atoms with Crippen LogP contribution in [-0.4, -0.2) is 16.9 Å². The highest BCUT2D eigenvalue weighted by Crippen LogP contribution is 2.38. The molecular formula is C20H11Cl3F3N3O2S. The Kier molecular flexibility index (Phi) is 7.55. The van der Waals surface area contributed by atoms with Gasteiger partial charge in [-0.05, 0) is 42.5 Å². The second-order valence-corrected chi connectivity index (χ2v) is 8.47. The van der Waals surface area contributed by atoms with Crippen molar-refractivity contribution in [1.82, 2.24) is 10.3 Å². The fraction of sp³-hybridized carbons (Fsp3) is 0.0500. The summed E-state index contributed by atoms with van der Waals surface area (Å²) in [6.45, 7) is 0. The van der Waals surface area contributed by atoms with Crippen LogP contribution in [0.3, 0.4) is 0 Å². The van der Waals surface area contributed by atoms with Crippen LogP contribution in [0, 0.1) is 0 Å². The molecule has 0 radical (unpaired) electrons. The van der Waals surface area contributed by atoms with Crippen molar-refractivity contribution >= 4 is 64.3 Å². The van der Waals surface area contributed by atoms with Crippen molar-refractivity contribution in [3.8, 4) is 0 Å². The predicted molar refractivity (Wildman–Crippen MR) is 118 cm³/mol. The second kappa shape index (κ2) is 9.99. The van der Waals surface area contributed by atoms with Crippen LogP contribution < -0.4 is 10.6 Å². The highest BCUT2D eigenvalue weighted by Gasteiger charge is 2.31. The molecule has 0 fully saturated rings. The molecule has 1 aromatic heterocycles. The van der Waals surface area contributed by atoms with Gasteiger partial charge in [0.05, 0.1) is 26.2 Å². The van der Waals surface area contributed by atoms with Gasteiger partial charge in [-0.3, -0.25) is 15.4 Å². The summed E-state index contributed by atoms with van der Waals surface area (Å²) < 4.78 is 38.7. The van der Waals surface area contributed by atoms with E-state index in [0.717, 1.165) is 23.9 Å². The number of alkyl halides is 3. The number of nitrogens with one attached hydrogen (secondary N) is 2. The van der Waals surface area contributed by atoms with Gasteiger partial charge in [0.15, 0.2) is 0 Å². The molecule has 0 saturated heterocycles. The molecule has 0 spiro atoms. The van der Waals surface area contributed by atoms with Gasteiger partial charge in [0.25, 0.3) is 5.91 Å². The van der Waals surface area contributed by atoms with E-state index in [2.05, 4.69) is 15.6 Å². The van der Waals surface area contributed by atoms with E-state index in [4.69, 9.17) is 34.8 Å². The first-order valence-electron chi connectivity index (χ1n) is 8.61. The van der Waals surface area contributed by atoms with Crippen LogP contribution in [0.25, 0.3) is 0 Å². The topological polar surface area (TPSA) is 71.1 Å². The first-order chi connectivity index (χ1) is 15.0. The van der Waals surface area contributed by atoms with E-state index in [1.807, 2.05) is 0 Å². The number of anilines is 1. The molecule has 0 aliphatic carbocycles. The average Bonchev–Trinajstić information content (AvgIpc) is 2.70. The third-order valence-electron chi connectivity index (χ3n) is 3.88. The SMILES string of the molecule is O=C(NC(=O)c1c(Cl)cccc1Cl)Nc1ccc(Sc2cc(C(F)(F)F)ccc2Cl)cn1. The number of imide groups is 1. The van der Waals surface area contributed by atoms with Gasteiger partial charge in [-0.1, -0.05) is 52.6 Å². The maximum atomic E-state index is 12.9. The largest absolute Gasteiger partial charge is 0.416 e. The second-order valence-electron chi connectivity index (χ2n) is 6.13. The van der Waals surface area contributed by atoms with Crippen LogP contribution in [0.5, 0.6) is 0 Å². The molecule has 2 N–H and O–H groups in total. The van der Waals surface area contributed by atoms with Crippen LogP contribution in [0.15, 0.2) is 64.5 Å². The number of nitrogens with zero attached hydrogens (tertiary/aromatic N) is 1. The lowest BCUT2D eigenvalue weighted by atomic mass is 10.2. The average molecular weight is 521 g/mol. The molecule has 1 heterocycles. The van der Waals surface area contributed by atoms with Crippen molar-refractivity contribution in [2.75, 3.05) is 5.32 Å². The predicted octanol–water partition coefficient (Wildman–Crippen LogP) is 7.17. The summed E-state index contributed by atoms with van der Waals surface area (Å²) in [5.41, 5.74) is -0.876. The number of carbonyl (C=O) groups is 2. The van der Waals surface area contributed by atoms with E-state index in [1.54, 1.807) is 6.07 Å². The molecule has 0 aliphatic heterocycles. The van der Waals surface area contributed by atoms with E-state index < -0.39 is 23.7 Å². The van der Waals surface area contributed by atoms with Gasteiger partial charge in [-0.15, -0.1) is 0 Å². The maximum Gasteiger partial charge on any atom is 0.416 e. The Balaban J connectivity index is 1.65. The quantitative estimate of drug-likeness (QED) is 0.382. The van der Waals surface area contributed by atoms with Crippen molar-refractivity contribution in [2.24, 2.45) is 0 Å². The Labute approximate surface area is 199 Å². The number of carbonyl (C=O) groups excluding carboxylic acids is 2. The molecule has 3 aromatic rings. The molecule has 0 aliphatic rings. The van der Waals surface area contributed by atoms with Gasteiger partial charge < -0.3 is 0 Å². The van der Waals surface area contributed by atoms with Crippen molar-refractivity contribution in [3.63, 3.8) is 0 Å². The molecule has 0 atom stereocenters. The van der Waals surface area contributed by atoms with Gasteiger partial charge in [0, 0.05) is 16.0 Å². The Hall–Kier alpha value is -2.46. The lowest BCUT2D eigenvalue weighted by Crippen LogP contribution is -2.34. The molecule has 12 heteroatoms. The molecule has 3 rings (SSSR count). The summed E-state index contributed by atoms with van der Waals surface area (Å²) in [7, 11) is 0. The van der Waals surface area contributed by atoms with Gasteiger partial charge >= 0.3 is 12.2 Å². The number of pyridine rings is 1. The molecule has 166 valence electrons. The van der Waals surface area contributed by atoms with Gasteiger partial charge in [0.1, 0.15) is 5.82 Å². The number of amides is 3. The number of benzene rings is 2. The maximum absolute atomic E-state index is 12.9. The summed E-state index contributed by atoms with van der Waals surface area (Å²) in [5, 5.41) is 4.75. The van der Waals surface area contributed by atoms with E-state index in [0.29, 0.717) is 4.90 Å². The molecule has 3 amide bonds. The number of rotatable bonds is 4. The summed E-state index contributed by atoms with van der Waals surface area (Å²) in [6, 6.07) is 9.53. The zero-order chi connectivity index (χ0) is 23.5. The zero-order valence-electron chi connectivity index (χ0n) is 15.6. The zero-order valence-corrected chi connectivity index (χ0v) is 18.7. The first kappa shape index (κ1) is 24.2. The Morgan fingerprint density at radius 1 is 0.938 bits per heavy atom. The Bertz CT molecular complexity index is 1150. The van der Waals surface area contributed by atoms with Crippen molar-refractivity contribution in [3.05, 3.63) is 80.9 Å². The number of halogens is 6. The first-order valence-corrected chi connectivity index (χ1v) is 10.6. The fourth-order valence-electron chi connectivity index (χ4n) is 2.43. The lowest BCUT2D eigenvalue weighted by molar-refractivity contribution is -0.137. The van der Waals surface area contributed by atoms with Crippen LogP contribution >= 0.6 is 46.6 Å².